The fourth-order valence-electron chi connectivity index (χ4n) is 2.89. The highest BCUT2D eigenvalue weighted by Gasteiger charge is 2.24. The van der Waals surface area contributed by atoms with E-state index in [0.29, 0.717) is 18.3 Å². The van der Waals surface area contributed by atoms with Crippen molar-refractivity contribution in [2.75, 3.05) is 26.7 Å². The van der Waals surface area contributed by atoms with Gasteiger partial charge in [-0.1, -0.05) is 6.92 Å². The maximum atomic E-state index is 12.4. The summed E-state index contributed by atoms with van der Waals surface area (Å²) >= 11 is 0. The lowest BCUT2D eigenvalue weighted by Crippen LogP contribution is -2.40. The molecule has 1 aromatic rings. The lowest BCUT2D eigenvalue weighted by molar-refractivity contribution is 0.0938. The Morgan fingerprint density at radius 3 is 2.43 bits per heavy atom. The molecular formula is C15H25N3O8S2. The maximum Gasteiger partial charge on any atom is 0.394 e. The van der Waals surface area contributed by atoms with E-state index in [4.69, 9.17) is 27.4 Å². The van der Waals surface area contributed by atoms with Crippen LogP contribution in [0.2, 0.25) is 0 Å². The number of ether oxygens (including phenoxy) is 1. The number of nitrogens with one attached hydrogen (secondary N) is 1. The number of benzene rings is 1. The van der Waals surface area contributed by atoms with Crippen LogP contribution in [-0.2, 0) is 20.4 Å². The number of carbonyl (C=O) groups excluding carboxylic acids is 1. The Labute approximate surface area is 164 Å². The summed E-state index contributed by atoms with van der Waals surface area (Å²) in [7, 11) is -7.11. The monoisotopic (exact) mass is 439 g/mol. The summed E-state index contributed by atoms with van der Waals surface area (Å²) in [5.74, 6) is -0.0519. The number of carbonyl (C=O) groups is 1. The molecule has 1 aliphatic rings. The lowest BCUT2D eigenvalue weighted by Gasteiger charge is -2.23. The molecule has 1 heterocycles. The third kappa shape index (κ3) is 8.08. The number of methoxy groups -OCH3 is 1. The predicted octanol–water partition coefficient (Wildman–Crippen LogP) is -0.0961. The van der Waals surface area contributed by atoms with Crippen molar-refractivity contribution < 1.29 is 35.5 Å². The number of primary sulfonamides is 1. The van der Waals surface area contributed by atoms with Crippen molar-refractivity contribution in [3.05, 3.63) is 23.8 Å². The number of likely N-dealkylation sites (N-methyl/N-ethyl adjacent to an activating group) is 1. The topological polar surface area (TPSA) is 176 Å². The molecule has 1 saturated heterocycles. The van der Waals surface area contributed by atoms with E-state index in [0.717, 1.165) is 25.9 Å². The third-order valence-electron chi connectivity index (χ3n) is 4.15. The molecule has 0 saturated carbocycles. The first kappa shape index (κ1) is 24.3. The Kier molecular flexibility index (Phi) is 8.78. The fraction of sp³-hybridized carbons (Fsp3) is 0.533. The van der Waals surface area contributed by atoms with Gasteiger partial charge in [-0.05, 0) is 44.1 Å². The second-order valence-electron chi connectivity index (χ2n) is 5.99. The molecular weight excluding hydrogens is 414 g/mol. The van der Waals surface area contributed by atoms with Gasteiger partial charge in [-0.25, -0.2) is 13.6 Å². The molecule has 28 heavy (non-hydrogen) atoms. The molecule has 1 unspecified atom stereocenters. The van der Waals surface area contributed by atoms with Gasteiger partial charge in [-0.3, -0.25) is 18.8 Å². The number of hydrogen-bond donors (Lipinski definition) is 4. The van der Waals surface area contributed by atoms with Crippen LogP contribution in [0.4, 0.5) is 0 Å². The highest BCUT2D eigenvalue weighted by molar-refractivity contribution is 7.89. The summed E-state index contributed by atoms with van der Waals surface area (Å²) in [6.07, 6.45) is 2.17. The van der Waals surface area contributed by atoms with Gasteiger partial charge >= 0.3 is 10.4 Å². The molecule has 0 aliphatic carbocycles. The minimum absolute atomic E-state index is 0.112. The van der Waals surface area contributed by atoms with E-state index in [1.54, 1.807) is 0 Å². The second kappa shape index (κ2) is 10.1. The minimum atomic E-state index is -4.67. The van der Waals surface area contributed by atoms with E-state index in [1.165, 1.54) is 25.3 Å². The van der Waals surface area contributed by atoms with Crippen molar-refractivity contribution in [2.24, 2.45) is 5.14 Å². The molecule has 13 heteroatoms. The zero-order valence-electron chi connectivity index (χ0n) is 15.5. The van der Waals surface area contributed by atoms with Gasteiger partial charge in [0.2, 0.25) is 10.0 Å². The van der Waals surface area contributed by atoms with Crippen molar-refractivity contribution in [3.8, 4) is 5.75 Å². The van der Waals surface area contributed by atoms with Crippen LogP contribution < -0.4 is 15.2 Å². The van der Waals surface area contributed by atoms with Gasteiger partial charge in [0.05, 0.1) is 17.6 Å². The molecule has 0 aromatic heterocycles. The second-order valence-corrected chi connectivity index (χ2v) is 8.45. The normalized spacial score (nSPS) is 17.5. The summed E-state index contributed by atoms with van der Waals surface area (Å²) in [6.45, 7) is 4.61. The van der Waals surface area contributed by atoms with E-state index in [1.807, 2.05) is 0 Å². The molecule has 160 valence electrons. The summed E-state index contributed by atoms with van der Waals surface area (Å²) in [6, 6.07) is 4.32. The quantitative estimate of drug-likeness (QED) is 0.441. The Balaban J connectivity index is 0.000000696. The average molecular weight is 440 g/mol. The highest BCUT2D eigenvalue weighted by Crippen LogP contribution is 2.22. The van der Waals surface area contributed by atoms with Crippen LogP contribution in [-0.4, -0.2) is 69.5 Å². The molecule has 5 N–H and O–H groups in total. The van der Waals surface area contributed by atoms with Gasteiger partial charge in [-0.2, -0.15) is 8.42 Å². The van der Waals surface area contributed by atoms with E-state index >= 15 is 0 Å². The molecule has 2 rings (SSSR count). The van der Waals surface area contributed by atoms with Gasteiger partial charge in [0.25, 0.3) is 5.91 Å². The number of nitrogens with zero attached hydrogens (tertiary/aromatic N) is 1. The fourth-order valence-corrected chi connectivity index (χ4v) is 3.43. The van der Waals surface area contributed by atoms with E-state index in [9.17, 15) is 13.2 Å². The average Bonchev–Trinajstić information content (AvgIpc) is 3.04. The van der Waals surface area contributed by atoms with Crippen molar-refractivity contribution >= 4 is 26.3 Å². The molecule has 1 aliphatic heterocycles. The molecule has 1 aromatic carbocycles. The summed E-state index contributed by atoms with van der Waals surface area (Å²) in [5.41, 5.74) is 0.167. The minimum Gasteiger partial charge on any atom is -0.496 e. The Morgan fingerprint density at radius 1 is 1.32 bits per heavy atom. The van der Waals surface area contributed by atoms with Crippen LogP contribution in [0, 0.1) is 0 Å². The van der Waals surface area contributed by atoms with Gasteiger partial charge in [0.1, 0.15) is 5.75 Å². The predicted molar refractivity (Wildman–Crippen MR) is 101 cm³/mol. The van der Waals surface area contributed by atoms with E-state index < -0.39 is 20.4 Å². The molecule has 11 nitrogen and oxygen atoms in total. The Hall–Kier alpha value is -1.77. The first-order chi connectivity index (χ1) is 12.9. The first-order valence-corrected chi connectivity index (χ1v) is 11.2. The van der Waals surface area contributed by atoms with Crippen molar-refractivity contribution in [2.45, 2.75) is 30.7 Å². The van der Waals surface area contributed by atoms with Gasteiger partial charge < -0.3 is 10.1 Å². The standard InChI is InChI=1S/C15H23N3O4S.H2O4S/c1-3-18-8-4-5-11(18)10-17-15(19)13-9-12(23(16,20)21)6-7-14(13)22-2;1-5(2,3)4/h6-7,9,11H,3-5,8,10H2,1-2H3,(H,17,19)(H2,16,20,21);(H2,1,2,3,4). The molecule has 1 fully saturated rings. The molecule has 0 radical (unpaired) electrons. The van der Waals surface area contributed by atoms with Gasteiger partial charge in [0.15, 0.2) is 0 Å². The van der Waals surface area contributed by atoms with Crippen LogP contribution in [0.1, 0.15) is 30.1 Å². The lowest BCUT2D eigenvalue weighted by atomic mass is 10.1. The van der Waals surface area contributed by atoms with E-state index in [2.05, 4.69) is 17.1 Å². The molecule has 0 bridgehead atoms. The number of hydrogen-bond acceptors (Lipinski definition) is 7. The van der Waals surface area contributed by atoms with Gasteiger partial charge in [0, 0.05) is 12.6 Å². The third-order valence-corrected chi connectivity index (χ3v) is 5.06. The van der Waals surface area contributed by atoms with Crippen LogP contribution >= 0.6 is 0 Å². The zero-order chi connectivity index (χ0) is 21.5. The van der Waals surface area contributed by atoms with Crippen molar-refractivity contribution in [1.82, 2.24) is 10.2 Å². The Morgan fingerprint density at radius 2 is 1.93 bits per heavy atom. The van der Waals surface area contributed by atoms with E-state index in [-0.39, 0.29) is 16.4 Å². The molecule has 1 amide bonds. The molecule has 1 atom stereocenters. The van der Waals surface area contributed by atoms with Crippen LogP contribution in [0.25, 0.3) is 0 Å². The number of amides is 1. The smallest absolute Gasteiger partial charge is 0.394 e. The number of likely N-dealkylation sites (tertiary alicyclic amines) is 1. The van der Waals surface area contributed by atoms with Crippen LogP contribution in [0.15, 0.2) is 23.1 Å². The maximum absolute atomic E-state index is 12.4. The van der Waals surface area contributed by atoms with Crippen molar-refractivity contribution in [1.29, 1.82) is 0 Å². The number of nitrogens with two attached hydrogens (primary N) is 1. The molecule has 0 spiro atoms. The number of rotatable bonds is 6. The zero-order valence-corrected chi connectivity index (χ0v) is 17.2. The van der Waals surface area contributed by atoms with Crippen LogP contribution in [0.3, 0.4) is 0 Å². The Bertz CT molecular complexity index is 879. The summed E-state index contributed by atoms with van der Waals surface area (Å²) < 4.78 is 59.6. The highest BCUT2D eigenvalue weighted by atomic mass is 32.3. The van der Waals surface area contributed by atoms with Gasteiger partial charge in [-0.15, -0.1) is 0 Å². The SMILES string of the molecule is CCN1CCCC1CNC(=O)c1cc(S(N)(=O)=O)ccc1OC.O=S(=O)(O)O. The summed E-state index contributed by atoms with van der Waals surface area (Å²) in [4.78, 5) is 14.6. The summed E-state index contributed by atoms with van der Waals surface area (Å²) in [5, 5.41) is 7.98. The number of sulfonamides is 1. The largest absolute Gasteiger partial charge is 0.496 e. The van der Waals surface area contributed by atoms with Crippen LogP contribution in [0.5, 0.6) is 5.75 Å². The first-order valence-electron chi connectivity index (χ1n) is 8.29. The van der Waals surface area contributed by atoms with Crippen molar-refractivity contribution in [3.63, 3.8) is 0 Å².